The van der Waals surface area contributed by atoms with Crippen molar-refractivity contribution in [1.82, 2.24) is 29.4 Å². The molecule has 0 radical (unpaired) electrons. The van der Waals surface area contributed by atoms with Crippen LogP contribution in [0.4, 0.5) is 0 Å². The highest BCUT2D eigenvalue weighted by Crippen LogP contribution is 2.27. The first-order valence-electron chi connectivity index (χ1n) is 9.15. The molecule has 28 heavy (non-hydrogen) atoms. The van der Waals surface area contributed by atoms with Crippen molar-refractivity contribution in [3.63, 3.8) is 0 Å². The van der Waals surface area contributed by atoms with Crippen LogP contribution < -0.4 is 0 Å². The zero-order chi connectivity index (χ0) is 19.5. The van der Waals surface area contributed by atoms with Crippen molar-refractivity contribution in [1.29, 1.82) is 0 Å². The maximum Gasteiger partial charge on any atom is 0.222 e. The van der Waals surface area contributed by atoms with Crippen molar-refractivity contribution in [2.45, 2.75) is 20.0 Å². The number of rotatable bonds is 6. The Kier molecular flexibility index (Phi) is 4.99. The number of hydrogen-bond donors (Lipinski definition) is 1. The molecule has 3 aromatic heterocycles. The summed E-state index contributed by atoms with van der Waals surface area (Å²) in [5.41, 5.74) is 4.54. The van der Waals surface area contributed by atoms with E-state index in [0.29, 0.717) is 16.6 Å². The first kappa shape index (κ1) is 18.1. The molecule has 4 rings (SSSR count). The van der Waals surface area contributed by atoms with Gasteiger partial charge in [0.05, 0.1) is 11.7 Å². The Labute approximate surface area is 163 Å². The molecule has 0 bridgehead atoms. The molecule has 1 aromatic carbocycles. The van der Waals surface area contributed by atoms with Gasteiger partial charge in [0.15, 0.2) is 0 Å². The minimum Gasteiger partial charge on any atom is -0.493 e. The van der Waals surface area contributed by atoms with E-state index in [2.05, 4.69) is 63.1 Å². The molecule has 0 atom stereocenters. The zero-order valence-corrected chi connectivity index (χ0v) is 15.9. The average molecular weight is 374 g/mol. The van der Waals surface area contributed by atoms with Crippen molar-refractivity contribution >= 4 is 10.9 Å². The Balaban J connectivity index is 1.45. The molecule has 1 N–H and O–H groups in total. The minimum atomic E-state index is -0.0502. The summed E-state index contributed by atoms with van der Waals surface area (Å²) in [4.78, 5) is 19.2. The third kappa shape index (κ3) is 3.84. The molecule has 0 amide bonds. The summed E-state index contributed by atoms with van der Waals surface area (Å²) in [7, 11) is 2.11. The molecule has 0 spiro atoms. The number of aromatic nitrogens is 5. The second-order valence-corrected chi connectivity index (χ2v) is 6.97. The fourth-order valence-corrected chi connectivity index (χ4v) is 3.14. The number of likely N-dealkylation sites (N-methyl/N-ethyl adjacent to an activating group) is 1. The van der Waals surface area contributed by atoms with E-state index in [1.54, 1.807) is 18.6 Å². The van der Waals surface area contributed by atoms with Gasteiger partial charge in [-0.2, -0.15) is 0 Å². The molecule has 0 saturated heterocycles. The van der Waals surface area contributed by atoms with E-state index in [-0.39, 0.29) is 5.88 Å². The molecule has 0 aliphatic carbocycles. The maximum absolute atomic E-state index is 9.92. The standard InChI is InChI=1S/C21H22N6O/c1-15-3-5-16(6-4-15)11-26(2)9-10-27-12-18(25-14-27)20-19-17(7-8-22-20)21(28)24-13-23-19/h3-8,12-14H,9-11H2,1-2H3,(H,23,24,28). The fourth-order valence-electron chi connectivity index (χ4n) is 3.14. The van der Waals surface area contributed by atoms with E-state index in [9.17, 15) is 5.11 Å². The van der Waals surface area contributed by atoms with Crippen molar-refractivity contribution in [2.75, 3.05) is 13.6 Å². The predicted molar refractivity (Wildman–Crippen MR) is 108 cm³/mol. The zero-order valence-electron chi connectivity index (χ0n) is 15.9. The van der Waals surface area contributed by atoms with E-state index in [1.165, 1.54) is 17.5 Å². The Bertz CT molecular complexity index is 1090. The van der Waals surface area contributed by atoms with Gasteiger partial charge in [0.25, 0.3) is 0 Å². The van der Waals surface area contributed by atoms with Gasteiger partial charge in [0.1, 0.15) is 23.2 Å². The fraction of sp³-hybridized carbons (Fsp3) is 0.238. The summed E-state index contributed by atoms with van der Waals surface area (Å²) in [5.74, 6) is -0.0502. The van der Waals surface area contributed by atoms with Crippen molar-refractivity contribution in [3.05, 3.63) is 66.5 Å². The van der Waals surface area contributed by atoms with Crippen LogP contribution in [-0.2, 0) is 13.1 Å². The van der Waals surface area contributed by atoms with E-state index in [4.69, 9.17) is 0 Å². The largest absolute Gasteiger partial charge is 0.493 e. The molecule has 0 fully saturated rings. The number of hydrogen-bond acceptors (Lipinski definition) is 6. The molecule has 7 heteroatoms. The van der Waals surface area contributed by atoms with E-state index in [1.807, 2.05) is 10.8 Å². The quantitative estimate of drug-likeness (QED) is 0.559. The molecular formula is C21H22N6O. The second-order valence-electron chi connectivity index (χ2n) is 6.97. The van der Waals surface area contributed by atoms with E-state index in [0.717, 1.165) is 25.3 Å². The third-order valence-corrected chi connectivity index (χ3v) is 4.72. The SMILES string of the molecule is Cc1ccc(CN(C)CCn2cnc(-c3nccc4c(O)ncnc34)c2)cc1. The molecule has 4 aromatic rings. The van der Waals surface area contributed by atoms with Gasteiger partial charge >= 0.3 is 0 Å². The smallest absolute Gasteiger partial charge is 0.222 e. The van der Waals surface area contributed by atoms with Crippen molar-refractivity contribution in [2.24, 2.45) is 0 Å². The highest BCUT2D eigenvalue weighted by molar-refractivity contribution is 5.92. The van der Waals surface area contributed by atoms with Crippen LogP contribution in [0.25, 0.3) is 22.3 Å². The molecule has 7 nitrogen and oxygen atoms in total. The summed E-state index contributed by atoms with van der Waals surface area (Å²) in [6, 6.07) is 10.3. The summed E-state index contributed by atoms with van der Waals surface area (Å²) in [6.07, 6.45) is 6.73. The third-order valence-electron chi connectivity index (χ3n) is 4.72. The molecule has 142 valence electrons. The lowest BCUT2D eigenvalue weighted by atomic mass is 10.1. The normalized spacial score (nSPS) is 11.4. The first-order valence-corrected chi connectivity index (χ1v) is 9.15. The molecule has 0 unspecified atom stereocenters. The monoisotopic (exact) mass is 374 g/mol. The van der Waals surface area contributed by atoms with Gasteiger partial charge in [-0.25, -0.2) is 15.0 Å². The van der Waals surface area contributed by atoms with E-state index >= 15 is 0 Å². The maximum atomic E-state index is 9.92. The van der Waals surface area contributed by atoms with Gasteiger partial charge in [-0.05, 0) is 25.6 Å². The molecular weight excluding hydrogens is 352 g/mol. The van der Waals surface area contributed by atoms with Gasteiger partial charge in [-0.15, -0.1) is 0 Å². The lowest BCUT2D eigenvalue weighted by molar-refractivity contribution is 0.311. The van der Waals surface area contributed by atoms with Crippen LogP contribution in [0, 0.1) is 6.92 Å². The van der Waals surface area contributed by atoms with Crippen LogP contribution in [0.15, 0.2) is 55.4 Å². The summed E-state index contributed by atoms with van der Waals surface area (Å²) in [5, 5.41) is 10.5. The lowest BCUT2D eigenvalue weighted by Gasteiger charge is -2.17. The van der Waals surface area contributed by atoms with Crippen molar-refractivity contribution < 1.29 is 5.11 Å². The Hall–Kier alpha value is -3.32. The number of imidazole rings is 1. The highest BCUT2D eigenvalue weighted by atomic mass is 16.3. The van der Waals surface area contributed by atoms with E-state index < -0.39 is 0 Å². The second kappa shape index (κ2) is 7.74. The Morgan fingerprint density at radius 3 is 2.68 bits per heavy atom. The first-order chi connectivity index (χ1) is 13.6. The van der Waals surface area contributed by atoms with Gasteiger partial charge in [0, 0.05) is 32.0 Å². The van der Waals surface area contributed by atoms with Crippen LogP contribution in [0.3, 0.4) is 0 Å². The van der Waals surface area contributed by atoms with Gasteiger partial charge in [-0.1, -0.05) is 29.8 Å². The summed E-state index contributed by atoms with van der Waals surface area (Å²) in [6.45, 7) is 4.72. The van der Waals surface area contributed by atoms with Crippen LogP contribution in [0.2, 0.25) is 0 Å². The average Bonchev–Trinajstić information content (AvgIpc) is 3.17. The van der Waals surface area contributed by atoms with Crippen LogP contribution in [-0.4, -0.2) is 48.1 Å². The Morgan fingerprint density at radius 2 is 1.86 bits per heavy atom. The van der Waals surface area contributed by atoms with Crippen LogP contribution >= 0.6 is 0 Å². The highest BCUT2D eigenvalue weighted by Gasteiger charge is 2.12. The summed E-state index contributed by atoms with van der Waals surface area (Å²) >= 11 is 0. The molecule has 3 heterocycles. The molecule has 0 aliphatic heterocycles. The Morgan fingerprint density at radius 1 is 1.04 bits per heavy atom. The minimum absolute atomic E-state index is 0.0502. The number of pyridine rings is 1. The number of aromatic hydroxyl groups is 1. The van der Waals surface area contributed by atoms with Gasteiger partial charge in [-0.3, -0.25) is 4.98 Å². The number of nitrogens with zero attached hydrogens (tertiary/aromatic N) is 6. The summed E-state index contributed by atoms with van der Waals surface area (Å²) < 4.78 is 2.04. The number of benzene rings is 1. The lowest BCUT2D eigenvalue weighted by Crippen LogP contribution is -2.22. The van der Waals surface area contributed by atoms with Crippen LogP contribution in [0.1, 0.15) is 11.1 Å². The van der Waals surface area contributed by atoms with Gasteiger partial charge < -0.3 is 14.6 Å². The molecule has 0 aliphatic rings. The van der Waals surface area contributed by atoms with Crippen LogP contribution in [0.5, 0.6) is 5.88 Å². The number of fused-ring (bicyclic) bond motifs is 1. The van der Waals surface area contributed by atoms with Crippen molar-refractivity contribution in [3.8, 4) is 17.3 Å². The topological polar surface area (TPSA) is 80.0 Å². The predicted octanol–water partition coefficient (Wildman–Crippen LogP) is 3.03. The molecule has 0 saturated carbocycles. The number of aryl methyl sites for hydroxylation is 1. The van der Waals surface area contributed by atoms with Gasteiger partial charge in [0.2, 0.25) is 5.88 Å².